The number of morpholine rings is 1. The lowest BCUT2D eigenvalue weighted by molar-refractivity contribution is -0.221. The topological polar surface area (TPSA) is 54.5 Å². The number of halogens is 4. The van der Waals surface area contributed by atoms with Crippen LogP contribution in [-0.4, -0.2) is 42.9 Å². The van der Waals surface area contributed by atoms with Crippen LogP contribution >= 0.6 is 0 Å². The number of nitrogens with one attached hydrogen (secondary N) is 1. The summed E-state index contributed by atoms with van der Waals surface area (Å²) in [6, 6.07) is 6.86. The minimum atomic E-state index is -4.53. The Balaban J connectivity index is 1.68. The number of hydrogen-bond acceptors (Lipinski definition) is 4. The van der Waals surface area contributed by atoms with Crippen LogP contribution in [0.2, 0.25) is 0 Å². The maximum absolute atomic E-state index is 15.8. The van der Waals surface area contributed by atoms with Crippen molar-refractivity contribution in [1.82, 2.24) is 10.3 Å². The van der Waals surface area contributed by atoms with Crippen molar-refractivity contribution in [2.75, 3.05) is 24.6 Å². The number of carbonyl (C=O) groups excluding carboxylic acids is 1. The van der Waals surface area contributed by atoms with Gasteiger partial charge in [-0.15, -0.1) is 0 Å². The molecular weight excluding hydrogens is 438 g/mol. The van der Waals surface area contributed by atoms with Crippen molar-refractivity contribution in [2.24, 2.45) is 5.92 Å². The SMILES string of the molecule is Cc1cc(-c2ccc(N3CCO[C@H](C(F)(F)F)C3)c(F)c2CNC(=O)CC2CC2)cc(C)n1. The van der Waals surface area contributed by atoms with Gasteiger partial charge in [0.2, 0.25) is 5.91 Å². The third-order valence-electron chi connectivity index (χ3n) is 6.02. The van der Waals surface area contributed by atoms with E-state index in [9.17, 15) is 18.0 Å². The smallest absolute Gasteiger partial charge is 0.365 e. The van der Waals surface area contributed by atoms with Crippen LogP contribution in [0.3, 0.4) is 0 Å². The highest BCUT2D eigenvalue weighted by atomic mass is 19.4. The predicted octanol–water partition coefficient (Wildman–Crippen LogP) is 4.69. The van der Waals surface area contributed by atoms with E-state index in [0.717, 1.165) is 29.8 Å². The molecule has 1 saturated carbocycles. The van der Waals surface area contributed by atoms with E-state index in [1.807, 2.05) is 26.0 Å². The van der Waals surface area contributed by atoms with Gasteiger partial charge in [0.25, 0.3) is 0 Å². The first-order valence-electron chi connectivity index (χ1n) is 11.1. The van der Waals surface area contributed by atoms with Crippen LogP contribution in [0.4, 0.5) is 23.2 Å². The van der Waals surface area contributed by atoms with Gasteiger partial charge in [-0.05, 0) is 61.9 Å². The van der Waals surface area contributed by atoms with Crippen LogP contribution in [0.15, 0.2) is 24.3 Å². The molecule has 0 radical (unpaired) electrons. The molecule has 5 nitrogen and oxygen atoms in total. The van der Waals surface area contributed by atoms with Crippen molar-refractivity contribution in [2.45, 2.75) is 51.9 Å². The number of amides is 1. The standard InChI is InChI=1S/C24H27F4N3O2/c1-14-9-17(10-15(2)30-14)18-5-6-20(31-7-8-33-21(13-31)24(26,27)28)23(25)19(18)12-29-22(32)11-16-3-4-16/h5-6,9-10,16,21H,3-4,7-8,11-13H2,1-2H3,(H,29,32)/t21-/m0/s1. The Kier molecular flexibility index (Phi) is 6.61. The van der Waals surface area contributed by atoms with Gasteiger partial charge in [-0.2, -0.15) is 13.2 Å². The van der Waals surface area contributed by atoms with Gasteiger partial charge in [0.05, 0.1) is 18.8 Å². The monoisotopic (exact) mass is 465 g/mol. The summed E-state index contributed by atoms with van der Waals surface area (Å²) in [5.41, 5.74) is 3.17. The molecular formula is C24H27F4N3O2. The zero-order chi connectivity index (χ0) is 23.8. The highest BCUT2D eigenvalue weighted by molar-refractivity contribution is 5.78. The minimum absolute atomic E-state index is 0.0476. The number of aromatic nitrogens is 1. The summed E-state index contributed by atoms with van der Waals surface area (Å²) in [7, 11) is 0. The third-order valence-corrected chi connectivity index (χ3v) is 6.02. The fraction of sp³-hybridized carbons (Fsp3) is 0.500. The van der Waals surface area contributed by atoms with Crippen molar-refractivity contribution >= 4 is 11.6 Å². The van der Waals surface area contributed by atoms with Gasteiger partial charge in [0.15, 0.2) is 11.9 Å². The molecule has 0 bridgehead atoms. The number of carbonyl (C=O) groups is 1. The lowest BCUT2D eigenvalue weighted by atomic mass is 9.97. The molecule has 1 N–H and O–H groups in total. The molecule has 2 aromatic rings. The van der Waals surface area contributed by atoms with E-state index in [0.29, 0.717) is 17.9 Å². The van der Waals surface area contributed by atoms with Crippen LogP contribution < -0.4 is 10.2 Å². The number of aryl methyl sites for hydroxylation is 2. The summed E-state index contributed by atoms with van der Waals surface area (Å²) < 4.78 is 60.2. The van der Waals surface area contributed by atoms with Gasteiger partial charge in [-0.3, -0.25) is 9.78 Å². The number of rotatable bonds is 6. The van der Waals surface area contributed by atoms with E-state index in [2.05, 4.69) is 10.3 Å². The van der Waals surface area contributed by atoms with Crippen LogP contribution in [0, 0.1) is 25.6 Å². The largest absolute Gasteiger partial charge is 0.416 e. The zero-order valence-corrected chi connectivity index (χ0v) is 18.6. The molecule has 9 heteroatoms. The molecule has 1 aromatic carbocycles. The van der Waals surface area contributed by atoms with Crippen LogP contribution in [0.25, 0.3) is 11.1 Å². The van der Waals surface area contributed by atoms with Gasteiger partial charge in [-0.25, -0.2) is 4.39 Å². The van der Waals surface area contributed by atoms with Gasteiger partial charge < -0.3 is 15.0 Å². The second-order valence-corrected chi connectivity index (χ2v) is 8.83. The maximum Gasteiger partial charge on any atom is 0.416 e. The Morgan fingerprint density at radius 1 is 1.21 bits per heavy atom. The summed E-state index contributed by atoms with van der Waals surface area (Å²) in [5.74, 6) is -0.396. The summed E-state index contributed by atoms with van der Waals surface area (Å²) >= 11 is 0. The first-order chi connectivity index (χ1) is 15.6. The average molecular weight is 465 g/mol. The number of ether oxygens (including phenoxy) is 1. The van der Waals surface area contributed by atoms with Crippen molar-refractivity contribution in [3.63, 3.8) is 0 Å². The molecule has 1 saturated heterocycles. The molecule has 1 amide bonds. The van der Waals surface area contributed by atoms with Gasteiger partial charge in [0.1, 0.15) is 0 Å². The van der Waals surface area contributed by atoms with Crippen LogP contribution in [-0.2, 0) is 16.1 Å². The Hall–Kier alpha value is -2.68. The molecule has 1 aliphatic heterocycles. The van der Waals surface area contributed by atoms with E-state index < -0.39 is 24.6 Å². The molecule has 2 heterocycles. The molecule has 178 valence electrons. The predicted molar refractivity (Wildman–Crippen MR) is 116 cm³/mol. The van der Waals surface area contributed by atoms with Crippen molar-refractivity contribution in [3.05, 3.63) is 47.0 Å². The fourth-order valence-corrected chi connectivity index (χ4v) is 4.20. The average Bonchev–Trinajstić information content (AvgIpc) is 3.55. The number of pyridine rings is 1. The number of benzene rings is 1. The summed E-state index contributed by atoms with van der Waals surface area (Å²) in [5, 5.41) is 2.80. The van der Waals surface area contributed by atoms with E-state index in [1.165, 1.54) is 11.0 Å². The lowest BCUT2D eigenvalue weighted by Gasteiger charge is -2.35. The number of nitrogens with zero attached hydrogens (tertiary/aromatic N) is 2. The highest BCUT2D eigenvalue weighted by Crippen LogP contribution is 2.35. The van der Waals surface area contributed by atoms with E-state index >= 15 is 4.39 Å². The summed E-state index contributed by atoms with van der Waals surface area (Å²) in [6.07, 6.45) is -4.05. The second-order valence-electron chi connectivity index (χ2n) is 8.83. The zero-order valence-electron chi connectivity index (χ0n) is 18.6. The molecule has 4 rings (SSSR count). The van der Waals surface area contributed by atoms with Crippen LogP contribution in [0.5, 0.6) is 0 Å². The molecule has 33 heavy (non-hydrogen) atoms. The first kappa shape index (κ1) is 23.5. The molecule has 0 unspecified atom stereocenters. The minimum Gasteiger partial charge on any atom is -0.365 e. The maximum atomic E-state index is 15.8. The molecule has 2 fully saturated rings. The second kappa shape index (κ2) is 9.29. The fourth-order valence-electron chi connectivity index (χ4n) is 4.20. The quantitative estimate of drug-likeness (QED) is 0.629. The van der Waals surface area contributed by atoms with Gasteiger partial charge in [-0.1, -0.05) is 6.07 Å². The van der Waals surface area contributed by atoms with Crippen molar-refractivity contribution < 1.29 is 27.1 Å². The van der Waals surface area contributed by atoms with E-state index in [4.69, 9.17) is 4.74 Å². The molecule has 1 aromatic heterocycles. The van der Waals surface area contributed by atoms with E-state index in [-0.39, 0.29) is 36.9 Å². The van der Waals surface area contributed by atoms with E-state index in [1.54, 1.807) is 6.07 Å². The lowest BCUT2D eigenvalue weighted by Crippen LogP contribution is -2.49. The number of anilines is 1. The van der Waals surface area contributed by atoms with Gasteiger partial charge >= 0.3 is 6.18 Å². The Morgan fingerprint density at radius 2 is 1.91 bits per heavy atom. The number of alkyl halides is 3. The number of hydrogen-bond donors (Lipinski definition) is 1. The van der Waals surface area contributed by atoms with Crippen molar-refractivity contribution in [1.29, 1.82) is 0 Å². The summed E-state index contributed by atoms with van der Waals surface area (Å²) in [4.78, 5) is 18.0. The Bertz CT molecular complexity index is 1020. The highest BCUT2D eigenvalue weighted by Gasteiger charge is 2.43. The third kappa shape index (κ3) is 5.63. The first-order valence-corrected chi connectivity index (χ1v) is 11.1. The molecule has 0 spiro atoms. The van der Waals surface area contributed by atoms with Crippen molar-refractivity contribution in [3.8, 4) is 11.1 Å². The summed E-state index contributed by atoms with van der Waals surface area (Å²) in [6.45, 7) is 3.13. The molecule has 2 aliphatic rings. The Morgan fingerprint density at radius 3 is 2.55 bits per heavy atom. The normalized spacial score (nSPS) is 19.0. The van der Waals surface area contributed by atoms with Gasteiger partial charge in [0, 0.05) is 36.5 Å². The molecule has 1 atom stereocenters. The Labute approximate surface area is 190 Å². The van der Waals surface area contributed by atoms with Crippen LogP contribution in [0.1, 0.15) is 36.2 Å². The molecule has 1 aliphatic carbocycles.